The van der Waals surface area contributed by atoms with E-state index in [1.807, 2.05) is 0 Å². The van der Waals surface area contributed by atoms with Gasteiger partial charge in [0.2, 0.25) is 17.6 Å². The van der Waals surface area contributed by atoms with Crippen molar-refractivity contribution in [2.24, 2.45) is 5.92 Å². The van der Waals surface area contributed by atoms with Crippen molar-refractivity contribution in [1.82, 2.24) is 16.0 Å². The van der Waals surface area contributed by atoms with Crippen LogP contribution in [0.25, 0.3) is 6.08 Å². The molecule has 2 unspecified atom stereocenters. The SMILES string of the molecule is CC(C)C(NC(=O)C(Cc1ccccc1)NC(=O)C=Cc1ccc(Cl)c(Cl)c1)C(=O)C(F)(F)C(=O)NCC(F)(F)F. The molecule has 0 saturated carbocycles. The zero-order valence-corrected chi connectivity index (χ0v) is 23.2. The summed E-state index contributed by atoms with van der Waals surface area (Å²) in [5.74, 6) is -12.2. The van der Waals surface area contributed by atoms with E-state index in [4.69, 9.17) is 23.2 Å². The number of ketones is 1. The summed E-state index contributed by atoms with van der Waals surface area (Å²) in [4.78, 5) is 50.2. The molecule has 2 aromatic rings. The minimum absolute atomic E-state index is 0.111. The summed E-state index contributed by atoms with van der Waals surface area (Å²) in [6.07, 6.45) is -2.62. The zero-order valence-electron chi connectivity index (χ0n) is 21.7. The Morgan fingerprint density at radius 1 is 0.902 bits per heavy atom. The van der Waals surface area contributed by atoms with Crippen molar-refractivity contribution in [3.05, 3.63) is 75.8 Å². The first-order valence-electron chi connectivity index (χ1n) is 12.1. The Hall–Kier alpha value is -3.51. The highest BCUT2D eigenvalue weighted by molar-refractivity contribution is 6.42. The molecule has 41 heavy (non-hydrogen) atoms. The topological polar surface area (TPSA) is 104 Å². The summed E-state index contributed by atoms with van der Waals surface area (Å²) in [7, 11) is 0. The van der Waals surface area contributed by atoms with Gasteiger partial charge in [-0.25, -0.2) is 0 Å². The van der Waals surface area contributed by atoms with Gasteiger partial charge in [0.15, 0.2) is 0 Å². The Bertz CT molecular complexity index is 1290. The van der Waals surface area contributed by atoms with E-state index >= 15 is 0 Å². The van der Waals surface area contributed by atoms with Crippen molar-refractivity contribution in [3.8, 4) is 0 Å². The van der Waals surface area contributed by atoms with Crippen molar-refractivity contribution in [2.45, 2.75) is 44.5 Å². The molecular formula is C27H26Cl2F5N3O4. The van der Waals surface area contributed by atoms with Crippen LogP contribution in [-0.4, -0.2) is 54.2 Å². The average Bonchev–Trinajstić information content (AvgIpc) is 2.90. The highest BCUT2D eigenvalue weighted by Crippen LogP contribution is 2.24. The van der Waals surface area contributed by atoms with Crippen molar-refractivity contribution >= 4 is 52.8 Å². The zero-order chi connectivity index (χ0) is 31.0. The molecule has 222 valence electrons. The third-order valence-corrected chi connectivity index (χ3v) is 6.32. The smallest absolute Gasteiger partial charge is 0.344 e. The second-order valence-electron chi connectivity index (χ2n) is 9.22. The summed E-state index contributed by atoms with van der Waals surface area (Å²) in [5.41, 5.74) is 1.08. The summed E-state index contributed by atoms with van der Waals surface area (Å²) >= 11 is 11.8. The van der Waals surface area contributed by atoms with E-state index in [0.29, 0.717) is 16.1 Å². The number of halogens is 7. The van der Waals surface area contributed by atoms with Crippen molar-refractivity contribution in [3.63, 3.8) is 0 Å². The maximum Gasteiger partial charge on any atom is 0.405 e. The van der Waals surface area contributed by atoms with Crippen molar-refractivity contribution in [2.75, 3.05) is 6.54 Å². The van der Waals surface area contributed by atoms with Gasteiger partial charge in [0.1, 0.15) is 12.6 Å². The average molecular weight is 622 g/mol. The Morgan fingerprint density at radius 3 is 2.10 bits per heavy atom. The highest BCUT2D eigenvalue weighted by Gasteiger charge is 2.52. The van der Waals surface area contributed by atoms with Gasteiger partial charge in [0, 0.05) is 12.5 Å². The maximum atomic E-state index is 14.5. The van der Waals surface area contributed by atoms with Gasteiger partial charge in [-0.1, -0.05) is 73.4 Å². The van der Waals surface area contributed by atoms with E-state index in [2.05, 4.69) is 10.6 Å². The first-order valence-corrected chi connectivity index (χ1v) is 12.8. The summed E-state index contributed by atoms with van der Waals surface area (Å²) < 4.78 is 66.2. The minimum atomic E-state index is -4.99. The molecule has 0 aliphatic rings. The fraction of sp³-hybridized carbons (Fsp3) is 0.333. The second kappa shape index (κ2) is 14.4. The standard InChI is InChI=1S/C27H26Cl2F5N3O4/c1-15(2)22(23(39)27(33,34)25(41)35-14-26(30,31)32)37-24(40)20(13-16-6-4-3-5-7-16)36-21(38)11-9-17-8-10-18(28)19(29)12-17/h3-12,15,20,22H,13-14H2,1-2H3,(H,35,41)(H,36,38)(H,37,40). The molecule has 2 aromatic carbocycles. The van der Waals surface area contributed by atoms with E-state index in [9.17, 15) is 41.1 Å². The van der Waals surface area contributed by atoms with Gasteiger partial charge >= 0.3 is 12.1 Å². The normalized spacial score (nSPS) is 13.5. The fourth-order valence-corrected chi connectivity index (χ4v) is 3.76. The number of amides is 3. The summed E-state index contributed by atoms with van der Waals surface area (Å²) in [6.45, 7) is 0.503. The molecular weight excluding hydrogens is 596 g/mol. The minimum Gasteiger partial charge on any atom is -0.344 e. The lowest BCUT2D eigenvalue weighted by Crippen LogP contribution is -2.59. The molecule has 3 amide bonds. The molecule has 0 aliphatic carbocycles. The van der Waals surface area contributed by atoms with Crippen LogP contribution in [0.5, 0.6) is 0 Å². The van der Waals surface area contributed by atoms with Gasteiger partial charge in [-0.3, -0.25) is 19.2 Å². The number of nitrogens with one attached hydrogen (secondary N) is 3. The van der Waals surface area contributed by atoms with Crippen molar-refractivity contribution < 1.29 is 41.1 Å². The van der Waals surface area contributed by atoms with Crippen LogP contribution >= 0.6 is 23.2 Å². The Balaban J connectivity index is 2.25. The van der Waals surface area contributed by atoms with Crippen LogP contribution in [0.2, 0.25) is 10.0 Å². The predicted octanol–water partition coefficient (Wildman–Crippen LogP) is 4.76. The molecule has 0 aromatic heterocycles. The number of carbonyl (C=O) groups excluding carboxylic acids is 4. The largest absolute Gasteiger partial charge is 0.405 e. The van der Waals surface area contributed by atoms with Crippen LogP contribution in [0, 0.1) is 5.92 Å². The van der Waals surface area contributed by atoms with Crippen LogP contribution in [-0.2, 0) is 25.6 Å². The number of hydrogen-bond acceptors (Lipinski definition) is 4. The third-order valence-electron chi connectivity index (χ3n) is 5.58. The second-order valence-corrected chi connectivity index (χ2v) is 10.0. The van der Waals surface area contributed by atoms with Gasteiger partial charge in [-0.2, -0.15) is 22.0 Å². The first kappa shape index (κ1) is 33.7. The van der Waals surface area contributed by atoms with Crippen molar-refractivity contribution in [1.29, 1.82) is 0 Å². The molecule has 14 heteroatoms. The van der Waals surface area contributed by atoms with Gasteiger partial charge in [-0.05, 0) is 35.3 Å². The van der Waals surface area contributed by atoms with E-state index in [0.717, 1.165) is 11.4 Å². The van der Waals surface area contributed by atoms with Crippen LogP contribution in [0.1, 0.15) is 25.0 Å². The fourth-order valence-electron chi connectivity index (χ4n) is 3.45. The quantitative estimate of drug-likeness (QED) is 0.181. The molecule has 2 rings (SSSR count). The predicted molar refractivity (Wildman–Crippen MR) is 143 cm³/mol. The lowest BCUT2D eigenvalue weighted by molar-refractivity contribution is -0.165. The molecule has 2 atom stereocenters. The monoisotopic (exact) mass is 621 g/mol. The Labute approximate surface area is 242 Å². The lowest BCUT2D eigenvalue weighted by Gasteiger charge is -2.27. The van der Waals surface area contributed by atoms with Gasteiger partial charge < -0.3 is 16.0 Å². The molecule has 0 bridgehead atoms. The number of rotatable bonds is 12. The molecule has 0 radical (unpaired) electrons. The molecule has 7 nitrogen and oxygen atoms in total. The number of carbonyl (C=O) groups is 4. The molecule has 0 saturated heterocycles. The molecule has 0 fully saturated rings. The molecule has 0 heterocycles. The maximum absolute atomic E-state index is 14.5. The molecule has 0 aliphatic heterocycles. The molecule has 0 spiro atoms. The van der Waals surface area contributed by atoms with Crippen LogP contribution in [0.3, 0.4) is 0 Å². The van der Waals surface area contributed by atoms with Crippen LogP contribution < -0.4 is 16.0 Å². The van der Waals surface area contributed by atoms with Gasteiger partial charge in [0.05, 0.1) is 16.1 Å². The van der Waals surface area contributed by atoms with Crippen LogP contribution in [0.15, 0.2) is 54.6 Å². The summed E-state index contributed by atoms with van der Waals surface area (Å²) in [5, 5.41) is 6.08. The Kier molecular flexibility index (Phi) is 11.8. The van der Waals surface area contributed by atoms with E-state index in [1.54, 1.807) is 36.4 Å². The number of benzene rings is 2. The number of hydrogen-bond donors (Lipinski definition) is 3. The number of alkyl halides is 5. The number of Topliss-reactive ketones (excluding diaryl/α,β-unsaturated/α-hetero) is 1. The molecule has 3 N–H and O–H groups in total. The Morgan fingerprint density at radius 2 is 1.54 bits per heavy atom. The first-order chi connectivity index (χ1) is 19.0. The lowest BCUT2D eigenvalue weighted by atomic mass is 9.94. The van der Waals surface area contributed by atoms with E-state index in [1.165, 1.54) is 32.1 Å². The van der Waals surface area contributed by atoms with E-state index < -0.39 is 60.1 Å². The summed E-state index contributed by atoms with van der Waals surface area (Å²) in [6, 6.07) is 9.55. The highest BCUT2D eigenvalue weighted by atomic mass is 35.5. The third kappa shape index (κ3) is 10.4. The van der Waals surface area contributed by atoms with Gasteiger partial charge in [0.25, 0.3) is 5.91 Å². The van der Waals surface area contributed by atoms with Crippen LogP contribution in [0.4, 0.5) is 22.0 Å². The van der Waals surface area contributed by atoms with Gasteiger partial charge in [-0.15, -0.1) is 0 Å². The van der Waals surface area contributed by atoms with E-state index in [-0.39, 0.29) is 11.4 Å².